The number of carbonyl (C=O) groups excluding carboxylic acids is 1. The number of aromatic nitrogens is 2. The topological polar surface area (TPSA) is 49.0 Å². The fourth-order valence-electron chi connectivity index (χ4n) is 2.08. The lowest BCUT2D eigenvalue weighted by atomic mass is 10.2. The van der Waals surface area contributed by atoms with Gasteiger partial charge in [0.25, 0.3) is 5.91 Å². The molecule has 0 radical (unpaired) electrons. The first-order valence-corrected chi connectivity index (χ1v) is 6.13. The molecule has 1 amide bonds. The fourth-order valence-corrected chi connectivity index (χ4v) is 2.08. The van der Waals surface area contributed by atoms with Gasteiger partial charge in [-0.1, -0.05) is 18.2 Å². The Balaban J connectivity index is 2.03. The minimum Gasteiger partial charge on any atom is -0.310 e. The second-order valence-corrected chi connectivity index (χ2v) is 4.46. The van der Waals surface area contributed by atoms with Crippen LogP contribution in [0.1, 0.15) is 10.5 Å². The number of fused-ring (bicyclic) bond motifs is 1. The van der Waals surface area contributed by atoms with Crippen molar-refractivity contribution in [3.63, 3.8) is 0 Å². The number of carbonyl (C=O) groups is 1. The molecule has 2 aromatic carbocycles. The quantitative estimate of drug-likeness (QED) is 0.777. The van der Waals surface area contributed by atoms with E-state index in [1.54, 1.807) is 13.1 Å². The van der Waals surface area contributed by atoms with Gasteiger partial charge in [0.1, 0.15) is 5.82 Å². The molecule has 0 unspecified atom stereocenters. The summed E-state index contributed by atoms with van der Waals surface area (Å²) in [5.74, 6) is -0.677. The Morgan fingerprint density at radius 2 is 1.95 bits per heavy atom. The number of aromatic amines is 1. The average Bonchev–Trinajstić information content (AvgIpc) is 2.89. The Labute approximate surface area is 114 Å². The molecule has 5 heteroatoms. The third kappa shape index (κ3) is 2.03. The predicted octanol–water partition coefficient (Wildman–Crippen LogP) is 2.98. The van der Waals surface area contributed by atoms with Crippen LogP contribution in [0.3, 0.4) is 0 Å². The fraction of sp³-hybridized carbons (Fsp3) is 0.0667. The summed E-state index contributed by atoms with van der Waals surface area (Å²) >= 11 is 0. The predicted molar refractivity (Wildman–Crippen MR) is 75.2 cm³/mol. The molecule has 0 aliphatic heterocycles. The van der Waals surface area contributed by atoms with Gasteiger partial charge in [0.2, 0.25) is 0 Å². The van der Waals surface area contributed by atoms with Gasteiger partial charge in [0, 0.05) is 18.1 Å². The monoisotopic (exact) mass is 269 g/mol. The van der Waals surface area contributed by atoms with Crippen LogP contribution in [0, 0.1) is 5.82 Å². The van der Waals surface area contributed by atoms with Gasteiger partial charge in [-0.2, -0.15) is 5.10 Å². The molecule has 0 saturated carbocycles. The second-order valence-electron chi connectivity index (χ2n) is 4.46. The highest BCUT2D eigenvalue weighted by Crippen LogP contribution is 2.20. The summed E-state index contributed by atoms with van der Waals surface area (Å²) in [6.45, 7) is 0. The Hall–Kier alpha value is -2.69. The number of nitrogens with zero attached hydrogens (tertiary/aromatic N) is 2. The van der Waals surface area contributed by atoms with Gasteiger partial charge in [-0.3, -0.25) is 9.89 Å². The maximum atomic E-state index is 13.3. The molecule has 0 spiro atoms. The van der Waals surface area contributed by atoms with Crippen LogP contribution in [-0.4, -0.2) is 23.2 Å². The van der Waals surface area contributed by atoms with E-state index in [1.807, 2.05) is 30.3 Å². The van der Waals surface area contributed by atoms with Gasteiger partial charge in [-0.25, -0.2) is 4.39 Å². The molecule has 3 rings (SSSR count). The molecule has 0 bridgehead atoms. The molecule has 1 N–H and O–H groups in total. The lowest BCUT2D eigenvalue weighted by Crippen LogP contribution is -2.26. The largest absolute Gasteiger partial charge is 0.310 e. The number of anilines is 1. The zero-order valence-electron chi connectivity index (χ0n) is 10.8. The Morgan fingerprint density at radius 3 is 2.70 bits per heavy atom. The zero-order chi connectivity index (χ0) is 14.1. The van der Waals surface area contributed by atoms with Crippen molar-refractivity contribution in [3.05, 3.63) is 60.0 Å². The number of amides is 1. The summed E-state index contributed by atoms with van der Waals surface area (Å²) in [6.07, 6.45) is 0. The zero-order valence-corrected chi connectivity index (χ0v) is 10.8. The summed E-state index contributed by atoms with van der Waals surface area (Å²) in [7, 11) is 1.66. The normalized spacial score (nSPS) is 10.7. The van der Waals surface area contributed by atoms with Crippen LogP contribution in [0.5, 0.6) is 0 Å². The molecule has 0 atom stereocenters. The molecule has 1 heterocycles. The number of H-pyrrole nitrogens is 1. The van der Waals surface area contributed by atoms with Gasteiger partial charge >= 0.3 is 0 Å². The highest BCUT2D eigenvalue weighted by Gasteiger charge is 2.19. The van der Waals surface area contributed by atoms with Crippen molar-refractivity contribution in [2.75, 3.05) is 11.9 Å². The van der Waals surface area contributed by atoms with Crippen LogP contribution in [0.15, 0.2) is 48.5 Å². The van der Waals surface area contributed by atoms with Crippen molar-refractivity contribution < 1.29 is 9.18 Å². The lowest BCUT2D eigenvalue weighted by Gasteiger charge is -2.15. The Bertz CT molecular complexity index is 767. The van der Waals surface area contributed by atoms with E-state index in [2.05, 4.69) is 10.2 Å². The molecule has 3 aromatic rings. The second kappa shape index (κ2) is 4.77. The molecule has 4 nitrogen and oxygen atoms in total. The van der Waals surface area contributed by atoms with Crippen LogP contribution in [-0.2, 0) is 0 Å². The molecular formula is C15H12FN3O. The van der Waals surface area contributed by atoms with Crippen molar-refractivity contribution in [1.29, 1.82) is 0 Å². The van der Waals surface area contributed by atoms with Crippen molar-refractivity contribution in [2.24, 2.45) is 0 Å². The third-order valence-electron chi connectivity index (χ3n) is 3.18. The van der Waals surface area contributed by atoms with Crippen molar-refractivity contribution in [2.45, 2.75) is 0 Å². The number of benzene rings is 2. The summed E-state index contributed by atoms with van der Waals surface area (Å²) < 4.78 is 13.3. The molecule has 0 aliphatic rings. The SMILES string of the molecule is CN(C(=O)c1n[nH]c2ccc(F)cc12)c1ccccc1. The number of hydrogen-bond acceptors (Lipinski definition) is 2. The molecule has 20 heavy (non-hydrogen) atoms. The summed E-state index contributed by atoms with van der Waals surface area (Å²) in [5.41, 5.74) is 1.60. The van der Waals surface area contributed by atoms with Crippen LogP contribution in [0.25, 0.3) is 10.9 Å². The van der Waals surface area contributed by atoms with Crippen molar-refractivity contribution >= 4 is 22.5 Å². The van der Waals surface area contributed by atoms with Gasteiger partial charge in [0.15, 0.2) is 5.69 Å². The third-order valence-corrected chi connectivity index (χ3v) is 3.18. The Morgan fingerprint density at radius 1 is 1.20 bits per heavy atom. The van der Waals surface area contributed by atoms with Crippen molar-refractivity contribution in [3.8, 4) is 0 Å². The minimum atomic E-state index is -0.393. The molecule has 100 valence electrons. The minimum absolute atomic E-state index is 0.214. The number of rotatable bonds is 2. The van der Waals surface area contributed by atoms with Gasteiger partial charge < -0.3 is 4.90 Å². The van der Waals surface area contributed by atoms with Crippen LogP contribution in [0.4, 0.5) is 10.1 Å². The van der Waals surface area contributed by atoms with E-state index in [1.165, 1.54) is 17.0 Å². The van der Waals surface area contributed by atoms with Crippen LogP contribution < -0.4 is 4.90 Å². The highest BCUT2D eigenvalue weighted by molar-refractivity contribution is 6.12. The first-order valence-electron chi connectivity index (χ1n) is 6.13. The maximum absolute atomic E-state index is 13.3. The highest BCUT2D eigenvalue weighted by atomic mass is 19.1. The van der Waals surface area contributed by atoms with E-state index in [0.717, 1.165) is 5.69 Å². The van der Waals surface area contributed by atoms with Gasteiger partial charge in [-0.15, -0.1) is 0 Å². The number of hydrogen-bond donors (Lipinski definition) is 1. The smallest absolute Gasteiger partial charge is 0.279 e. The molecule has 0 fully saturated rings. The van der Waals surface area contributed by atoms with Crippen molar-refractivity contribution in [1.82, 2.24) is 10.2 Å². The number of nitrogens with one attached hydrogen (secondary N) is 1. The first-order chi connectivity index (χ1) is 9.66. The van der Waals surface area contributed by atoms with Crippen LogP contribution >= 0.6 is 0 Å². The van der Waals surface area contributed by atoms with E-state index in [-0.39, 0.29) is 11.6 Å². The summed E-state index contributed by atoms with van der Waals surface area (Å²) in [6, 6.07) is 13.4. The standard InChI is InChI=1S/C15H12FN3O/c1-19(11-5-3-2-4-6-11)15(20)14-12-9-10(16)7-8-13(12)17-18-14/h2-9H,1H3,(H,17,18). The summed E-state index contributed by atoms with van der Waals surface area (Å²) in [5, 5.41) is 7.22. The van der Waals surface area contributed by atoms with Crippen LogP contribution in [0.2, 0.25) is 0 Å². The van der Waals surface area contributed by atoms with E-state index < -0.39 is 5.82 Å². The molecule has 1 aromatic heterocycles. The Kier molecular flexibility index (Phi) is 2.95. The lowest BCUT2D eigenvalue weighted by molar-refractivity contribution is 0.0990. The van der Waals surface area contributed by atoms with E-state index in [4.69, 9.17) is 0 Å². The van der Waals surface area contributed by atoms with Gasteiger partial charge in [-0.05, 0) is 30.3 Å². The van der Waals surface area contributed by atoms with E-state index in [0.29, 0.717) is 10.9 Å². The maximum Gasteiger partial charge on any atom is 0.279 e. The van der Waals surface area contributed by atoms with Gasteiger partial charge in [0.05, 0.1) is 5.52 Å². The molecular weight excluding hydrogens is 257 g/mol. The summed E-state index contributed by atoms with van der Waals surface area (Å²) in [4.78, 5) is 13.9. The van der Waals surface area contributed by atoms with E-state index in [9.17, 15) is 9.18 Å². The van der Waals surface area contributed by atoms with E-state index >= 15 is 0 Å². The number of para-hydroxylation sites is 1. The average molecular weight is 269 g/mol. The first kappa shape index (κ1) is 12.3. The molecule has 0 saturated heterocycles. The number of halogens is 1. The molecule has 0 aliphatic carbocycles.